The van der Waals surface area contributed by atoms with E-state index < -0.39 is 0 Å². The molecule has 0 fully saturated rings. The molecule has 0 saturated heterocycles. The molecule has 0 saturated carbocycles. The second-order valence-electron chi connectivity index (χ2n) is 11.0. The summed E-state index contributed by atoms with van der Waals surface area (Å²) in [4.78, 5) is 0. The third-order valence-electron chi connectivity index (χ3n) is 7.75. The highest BCUT2D eigenvalue weighted by Gasteiger charge is 2.17. The van der Waals surface area contributed by atoms with Crippen LogP contribution in [0.1, 0.15) is 96.0 Å². The van der Waals surface area contributed by atoms with Gasteiger partial charge in [0.15, 0.2) is 0 Å². The van der Waals surface area contributed by atoms with Crippen molar-refractivity contribution in [3.63, 3.8) is 0 Å². The molecule has 3 N–H and O–H groups in total. The van der Waals surface area contributed by atoms with E-state index in [-0.39, 0.29) is 17.2 Å². The lowest BCUT2D eigenvalue weighted by molar-refractivity contribution is 0.456. The van der Waals surface area contributed by atoms with Crippen LogP contribution < -0.4 is 0 Å². The van der Waals surface area contributed by atoms with Crippen LogP contribution in [0.3, 0.4) is 0 Å². The van der Waals surface area contributed by atoms with Gasteiger partial charge in [0.2, 0.25) is 0 Å². The third-order valence-corrected chi connectivity index (χ3v) is 7.75. The molecule has 0 radical (unpaired) electrons. The fourth-order valence-corrected chi connectivity index (χ4v) is 5.03. The predicted molar refractivity (Wildman–Crippen MR) is 151 cm³/mol. The third kappa shape index (κ3) is 6.84. The number of aromatic hydroxyl groups is 3. The minimum atomic E-state index is 0.260. The van der Waals surface area contributed by atoms with Gasteiger partial charge in [-0.15, -0.1) is 0 Å². The maximum Gasteiger partial charge on any atom is 0.122 e. The van der Waals surface area contributed by atoms with E-state index in [0.717, 1.165) is 63.3 Å². The normalized spacial score (nSPS) is 11.4. The molecule has 0 aromatic heterocycles. The SMILES string of the molecule is Cc1ccc(O)c(Cc2cc(CCCCCCC(C)C)cc(Cc3c(O)ccc(C)c3C)c2O)c1C. The molecular formula is C33H44O3. The molecule has 0 amide bonds. The number of hydrogen-bond donors (Lipinski definition) is 3. The molecule has 3 nitrogen and oxygen atoms in total. The van der Waals surface area contributed by atoms with Gasteiger partial charge in [-0.25, -0.2) is 0 Å². The second-order valence-corrected chi connectivity index (χ2v) is 11.0. The van der Waals surface area contributed by atoms with E-state index in [4.69, 9.17) is 0 Å². The summed E-state index contributed by atoms with van der Waals surface area (Å²) in [5.74, 6) is 1.55. The minimum Gasteiger partial charge on any atom is -0.508 e. The Morgan fingerprint density at radius 2 is 1.11 bits per heavy atom. The molecule has 3 heteroatoms. The predicted octanol–water partition coefficient (Wildman–Crippen LogP) is 8.37. The highest BCUT2D eigenvalue weighted by atomic mass is 16.3. The van der Waals surface area contributed by atoms with Gasteiger partial charge in [-0.3, -0.25) is 0 Å². The minimum absolute atomic E-state index is 0.260. The average Bonchev–Trinajstić information content (AvgIpc) is 2.83. The lowest BCUT2D eigenvalue weighted by Crippen LogP contribution is -2.02. The molecular weight excluding hydrogens is 444 g/mol. The van der Waals surface area contributed by atoms with Gasteiger partial charge in [0, 0.05) is 24.0 Å². The van der Waals surface area contributed by atoms with Crippen LogP contribution in [0.25, 0.3) is 0 Å². The molecule has 0 atom stereocenters. The van der Waals surface area contributed by atoms with Gasteiger partial charge in [-0.1, -0.05) is 63.8 Å². The summed E-state index contributed by atoms with van der Waals surface area (Å²) in [6, 6.07) is 11.6. The van der Waals surface area contributed by atoms with Crippen LogP contribution in [0.15, 0.2) is 36.4 Å². The summed E-state index contributed by atoms with van der Waals surface area (Å²) in [6.07, 6.45) is 8.04. The fraction of sp³-hybridized carbons (Fsp3) is 0.455. The summed E-state index contributed by atoms with van der Waals surface area (Å²) in [5.41, 5.74) is 8.94. The summed E-state index contributed by atoms with van der Waals surface area (Å²) >= 11 is 0. The molecule has 0 aliphatic rings. The lowest BCUT2D eigenvalue weighted by Gasteiger charge is -2.18. The quantitative estimate of drug-likeness (QED) is 0.238. The Bertz CT molecular complexity index is 1110. The first-order valence-corrected chi connectivity index (χ1v) is 13.5. The zero-order chi connectivity index (χ0) is 26.4. The lowest BCUT2D eigenvalue weighted by atomic mass is 9.89. The van der Waals surface area contributed by atoms with Gasteiger partial charge >= 0.3 is 0 Å². The Balaban J connectivity index is 1.93. The Morgan fingerprint density at radius 1 is 0.639 bits per heavy atom. The van der Waals surface area contributed by atoms with Crippen molar-refractivity contribution in [1.82, 2.24) is 0 Å². The smallest absolute Gasteiger partial charge is 0.122 e. The molecule has 0 aliphatic heterocycles. The zero-order valence-corrected chi connectivity index (χ0v) is 23.0. The summed E-state index contributed by atoms with van der Waals surface area (Å²) < 4.78 is 0. The van der Waals surface area contributed by atoms with Crippen molar-refractivity contribution >= 4 is 0 Å². The van der Waals surface area contributed by atoms with E-state index in [1.807, 2.05) is 39.8 Å². The van der Waals surface area contributed by atoms with Gasteiger partial charge < -0.3 is 15.3 Å². The zero-order valence-electron chi connectivity index (χ0n) is 23.0. The standard InChI is InChI=1S/C33H44O3/c1-21(2)11-9-7-8-10-12-26-17-27(19-29-24(5)22(3)13-15-31(29)34)33(36)28(18-26)20-30-25(6)23(4)14-16-32(30)35/h13-18,21,34-36H,7-12,19-20H2,1-6H3. The van der Waals surface area contributed by atoms with Crippen molar-refractivity contribution in [1.29, 1.82) is 0 Å². The molecule has 0 bridgehead atoms. The monoisotopic (exact) mass is 488 g/mol. The number of aryl methyl sites for hydroxylation is 3. The van der Waals surface area contributed by atoms with Gasteiger partial charge in [-0.2, -0.15) is 0 Å². The molecule has 0 aliphatic carbocycles. The molecule has 0 heterocycles. The molecule has 194 valence electrons. The van der Waals surface area contributed by atoms with E-state index in [9.17, 15) is 15.3 Å². The number of phenolic OH excluding ortho intramolecular Hbond substituents is 3. The maximum atomic E-state index is 11.4. The fourth-order valence-electron chi connectivity index (χ4n) is 5.03. The number of rotatable bonds is 11. The van der Waals surface area contributed by atoms with Gasteiger partial charge in [0.1, 0.15) is 17.2 Å². The van der Waals surface area contributed by atoms with Crippen LogP contribution in [0.2, 0.25) is 0 Å². The van der Waals surface area contributed by atoms with Gasteiger partial charge in [0.05, 0.1) is 0 Å². The second kappa shape index (κ2) is 12.3. The topological polar surface area (TPSA) is 60.7 Å². The molecule has 36 heavy (non-hydrogen) atoms. The highest BCUT2D eigenvalue weighted by molar-refractivity contribution is 5.54. The van der Waals surface area contributed by atoms with Crippen LogP contribution in [-0.2, 0) is 19.3 Å². The van der Waals surface area contributed by atoms with Crippen LogP contribution in [0.4, 0.5) is 0 Å². The molecule has 3 aromatic carbocycles. The van der Waals surface area contributed by atoms with Crippen molar-refractivity contribution < 1.29 is 15.3 Å². The Morgan fingerprint density at radius 3 is 1.58 bits per heavy atom. The molecule has 3 rings (SSSR count). The highest BCUT2D eigenvalue weighted by Crippen LogP contribution is 2.35. The van der Waals surface area contributed by atoms with Gasteiger partial charge in [-0.05, 0) is 97.5 Å². The van der Waals surface area contributed by atoms with Gasteiger partial charge in [0.25, 0.3) is 0 Å². The number of unbranched alkanes of at least 4 members (excludes halogenated alkanes) is 3. The largest absolute Gasteiger partial charge is 0.508 e. The van der Waals surface area contributed by atoms with E-state index in [1.165, 1.54) is 31.2 Å². The van der Waals surface area contributed by atoms with Crippen molar-refractivity contribution in [2.45, 2.75) is 92.9 Å². The van der Waals surface area contributed by atoms with Crippen LogP contribution in [0, 0.1) is 33.6 Å². The Hall–Kier alpha value is -2.94. The van der Waals surface area contributed by atoms with E-state index in [0.29, 0.717) is 12.8 Å². The molecule has 0 spiro atoms. The van der Waals surface area contributed by atoms with E-state index >= 15 is 0 Å². The summed E-state index contributed by atoms with van der Waals surface area (Å²) in [7, 11) is 0. The maximum absolute atomic E-state index is 11.4. The van der Waals surface area contributed by atoms with E-state index in [2.05, 4.69) is 26.0 Å². The summed E-state index contributed by atoms with van der Waals surface area (Å²) in [5, 5.41) is 32.6. The number of benzene rings is 3. The van der Waals surface area contributed by atoms with Crippen LogP contribution in [-0.4, -0.2) is 15.3 Å². The van der Waals surface area contributed by atoms with Crippen molar-refractivity contribution in [3.8, 4) is 17.2 Å². The van der Waals surface area contributed by atoms with Crippen molar-refractivity contribution in [2.24, 2.45) is 5.92 Å². The summed E-state index contributed by atoms with van der Waals surface area (Å²) in [6.45, 7) is 12.7. The molecule has 0 unspecified atom stereocenters. The van der Waals surface area contributed by atoms with Crippen LogP contribution >= 0.6 is 0 Å². The van der Waals surface area contributed by atoms with Crippen molar-refractivity contribution in [3.05, 3.63) is 86.5 Å². The first-order chi connectivity index (χ1) is 17.1. The first kappa shape index (κ1) is 27.6. The van der Waals surface area contributed by atoms with Crippen LogP contribution in [0.5, 0.6) is 17.2 Å². The number of hydrogen-bond acceptors (Lipinski definition) is 3. The first-order valence-electron chi connectivity index (χ1n) is 13.5. The van der Waals surface area contributed by atoms with Crippen molar-refractivity contribution in [2.75, 3.05) is 0 Å². The van der Waals surface area contributed by atoms with E-state index in [1.54, 1.807) is 12.1 Å². The Kier molecular flexibility index (Phi) is 9.48. The Labute approximate surface area is 217 Å². The molecule has 3 aromatic rings. The number of phenols is 3. The average molecular weight is 489 g/mol.